The number of amides is 1. The van der Waals surface area contributed by atoms with E-state index in [4.69, 9.17) is 0 Å². The topological polar surface area (TPSA) is 58.1 Å². The van der Waals surface area contributed by atoms with Crippen molar-refractivity contribution in [2.45, 2.75) is 25.7 Å². The Labute approximate surface area is 180 Å². The van der Waals surface area contributed by atoms with E-state index in [1.54, 1.807) is 12.1 Å². The monoisotopic (exact) mass is 424 g/mol. The first-order valence-electron chi connectivity index (χ1n) is 10.3. The zero-order valence-corrected chi connectivity index (χ0v) is 17.6. The second-order valence-electron chi connectivity index (χ2n) is 7.69. The summed E-state index contributed by atoms with van der Waals surface area (Å²) < 4.78 is 17.5. The Hall–Kier alpha value is -2.80. The van der Waals surface area contributed by atoms with Gasteiger partial charge in [0.05, 0.1) is 6.42 Å². The van der Waals surface area contributed by atoms with Crippen LogP contribution in [0, 0.1) is 11.7 Å². The largest absolute Gasteiger partial charge is 0.356 e. The molecule has 0 spiro atoms. The minimum Gasteiger partial charge on any atom is -0.356 e. The molecule has 0 bridgehead atoms. The summed E-state index contributed by atoms with van der Waals surface area (Å²) in [5, 5.41) is 4.02. The fraction of sp³-hybridized carbons (Fsp3) is 0.348. The summed E-state index contributed by atoms with van der Waals surface area (Å²) >= 11 is 1.42. The van der Waals surface area contributed by atoms with E-state index in [-0.39, 0.29) is 11.7 Å². The number of halogens is 1. The van der Waals surface area contributed by atoms with Crippen molar-refractivity contribution in [3.8, 4) is 0 Å². The highest BCUT2D eigenvalue weighted by Crippen LogP contribution is 2.25. The van der Waals surface area contributed by atoms with E-state index in [0.717, 1.165) is 54.6 Å². The van der Waals surface area contributed by atoms with Crippen LogP contribution in [-0.4, -0.2) is 34.9 Å². The molecule has 1 aliphatic heterocycles. The minimum absolute atomic E-state index is 0.0817. The first kappa shape index (κ1) is 20.5. The molecule has 7 heteroatoms. The summed E-state index contributed by atoms with van der Waals surface area (Å²) in [5.41, 5.74) is 2.04. The molecule has 1 fully saturated rings. The predicted octanol–water partition coefficient (Wildman–Crippen LogP) is 3.84. The summed E-state index contributed by atoms with van der Waals surface area (Å²) in [5.74, 6) is 1.12. The third-order valence-electron chi connectivity index (χ3n) is 5.41. The second-order valence-corrected chi connectivity index (χ2v) is 8.42. The van der Waals surface area contributed by atoms with Gasteiger partial charge < -0.3 is 10.2 Å². The van der Waals surface area contributed by atoms with Gasteiger partial charge in [-0.1, -0.05) is 42.5 Å². The smallest absolute Gasteiger partial charge is 0.224 e. The van der Waals surface area contributed by atoms with Gasteiger partial charge in [-0.05, 0) is 42.0 Å². The Morgan fingerprint density at radius 1 is 1.07 bits per heavy atom. The molecule has 0 unspecified atom stereocenters. The van der Waals surface area contributed by atoms with Crippen LogP contribution in [0.4, 0.5) is 9.52 Å². The van der Waals surface area contributed by atoms with E-state index in [0.29, 0.717) is 18.8 Å². The first-order valence-corrected chi connectivity index (χ1v) is 11.1. The average Bonchev–Trinajstić information content (AvgIpc) is 3.23. The van der Waals surface area contributed by atoms with Crippen LogP contribution in [0.25, 0.3) is 0 Å². The standard InChI is InChI=1S/C23H25FN4OS/c24-20-8-6-18(7-9-20)14-21-26-23(30-27-21)28-12-10-19(11-13-28)16-25-22(29)15-17-4-2-1-3-5-17/h1-9,19H,10-16H2,(H,25,29). The third kappa shape index (κ3) is 5.63. The number of hydrogen-bond donors (Lipinski definition) is 1. The molecule has 1 N–H and O–H groups in total. The zero-order valence-electron chi connectivity index (χ0n) is 16.8. The molecule has 30 heavy (non-hydrogen) atoms. The summed E-state index contributed by atoms with van der Waals surface area (Å²) in [4.78, 5) is 19.1. The molecule has 156 valence electrons. The third-order valence-corrected chi connectivity index (χ3v) is 6.23. The number of benzene rings is 2. The highest BCUT2D eigenvalue weighted by molar-refractivity contribution is 7.09. The lowest BCUT2D eigenvalue weighted by molar-refractivity contribution is -0.120. The van der Waals surface area contributed by atoms with Crippen LogP contribution in [0.1, 0.15) is 29.8 Å². The number of piperidine rings is 1. The van der Waals surface area contributed by atoms with Crippen molar-refractivity contribution < 1.29 is 9.18 Å². The van der Waals surface area contributed by atoms with E-state index in [9.17, 15) is 9.18 Å². The molecule has 0 aliphatic carbocycles. The first-order chi connectivity index (χ1) is 14.7. The van der Waals surface area contributed by atoms with Crippen molar-refractivity contribution in [2.75, 3.05) is 24.5 Å². The maximum Gasteiger partial charge on any atom is 0.224 e. The van der Waals surface area contributed by atoms with Crippen molar-refractivity contribution in [3.05, 3.63) is 77.4 Å². The number of nitrogens with zero attached hydrogens (tertiary/aromatic N) is 3. The molecule has 1 saturated heterocycles. The highest BCUT2D eigenvalue weighted by Gasteiger charge is 2.22. The van der Waals surface area contributed by atoms with E-state index in [2.05, 4.69) is 19.6 Å². The average molecular weight is 425 g/mol. The fourth-order valence-corrected chi connectivity index (χ4v) is 4.40. The van der Waals surface area contributed by atoms with Crippen LogP contribution in [0.5, 0.6) is 0 Å². The van der Waals surface area contributed by atoms with Gasteiger partial charge in [0.1, 0.15) is 11.6 Å². The lowest BCUT2D eigenvalue weighted by Crippen LogP contribution is -2.39. The molecular formula is C23H25FN4OS. The molecule has 2 aromatic carbocycles. The normalized spacial score (nSPS) is 14.6. The zero-order chi connectivity index (χ0) is 20.8. The van der Waals surface area contributed by atoms with Gasteiger partial charge >= 0.3 is 0 Å². The second kappa shape index (κ2) is 9.80. The van der Waals surface area contributed by atoms with Gasteiger partial charge in [-0.3, -0.25) is 4.79 Å². The van der Waals surface area contributed by atoms with Crippen molar-refractivity contribution in [2.24, 2.45) is 5.92 Å². The lowest BCUT2D eigenvalue weighted by Gasteiger charge is -2.31. The van der Waals surface area contributed by atoms with Gasteiger partial charge in [0.25, 0.3) is 0 Å². The van der Waals surface area contributed by atoms with Gasteiger partial charge in [0.2, 0.25) is 11.0 Å². The molecule has 4 rings (SSSR count). The molecule has 5 nitrogen and oxygen atoms in total. The Balaban J connectivity index is 1.21. The summed E-state index contributed by atoms with van der Waals surface area (Å²) in [6.07, 6.45) is 3.10. The van der Waals surface area contributed by atoms with Crippen molar-refractivity contribution in [1.82, 2.24) is 14.7 Å². The van der Waals surface area contributed by atoms with E-state index < -0.39 is 0 Å². The van der Waals surface area contributed by atoms with Crippen LogP contribution in [0.3, 0.4) is 0 Å². The lowest BCUT2D eigenvalue weighted by atomic mass is 9.97. The number of nitrogens with one attached hydrogen (secondary N) is 1. The van der Waals surface area contributed by atoms with Crippen LogP contribution < -0.4 is 10.2 Å². The van der Waals surface area contributed by atoms with Crippen molar-refractivity contribution in [1.29, 1.82) is 0 Å². The quantitative estimate of drug-likeness (QED) is 0.626. The fourth-order valence-electron chi connectivity index (χ4n) is 3.66. The summed E-state index contributed by atoms with van der Waals surface area (Å²) in [6, 6.07) is 16.3. The molecule has 1 aromatic heterocycles. The maximum atomic E-state index is 13.0. The van der Waals surface area contributed by atoms with Gasteiger partial charge in [0.15, 0.2) is 0 Å². The van der Waals surface area contributed by atoms with Crippen molar-refractivity contribution in [3.63, 3.8) is 0 Å². The molecule has 0 radical (unpaired) electrons. The molecule has 2 heterocycles. The summed E-state index contributed by atoms with van der Waals surface area (Å²) in [7, 11) is 0. The van der Waals surface area contributed by atoms with Crippen LogP contribution in [0.2, 0.25) is 0 Å². The van der Waals surface area contributed by atoms with E-state index >= 15 is 0 Å². The molecule has 1 aliphatic rings. The number of aromatic nitrogens is 2. The van der Waals surface area contributed by atoms with Gasteiger partial charge in [0, 0.05) is 37.6 Å². The SMILES string of the molecule is O=C(Cc1ccccc1)NCC1CCN(c2nc(Cc3ccc(F)cc3)ns2)CC1. The Bertz CT molecular complexity index is 953. The Kier molecular flexibility index (Phi) is 6.69. The van der Waals surface area contributed by atoms with Gasteiger partial charge in [-0.2, -0.15) is 4.37 Å². The number of rotatable bonds is 7. The van der Waals surface area contributed by atoms with Crippen LogP contribution >= 0.6 is 11.5 Å². The van der Waals surface area contributed by atoms with Gasteiger partial charge in [-0.15, -0.1) is 0 Å². The minimum atomic E-state index is -0.232. The number of carbonyl (C=O) groups excluding carboxylic acids is 1. The molecule has 0 saturated carbocycles. The number of carbonyl (C=O) groups is 1. The Morgan fingerprint density at radius 3 is 2.53 bits per heavy atom. The van der Waals surface area contributed by atoms with Crippen LogP contribution in [0.15, 0.2) is 54.6 Å². The van der Waals surface area contributed by atoms with Crippen molar-refractivity contribution >= 4 is 22.6 Å². The van der Waals surface area contributed by atoms with Gasteiger partial charge in [-0.25, -0.2) is 9.37 Å². The molecule has 3 aromatic rings. The maximum absolute atomic E-state index is 13.0. The number of anilines is 1. The molecule has 0 atom stereocenters. The predicted molar refractivity (Wildman–Crippen MR) is 117 cm³/mol. The van der Waals surface area contributed by atoms with Crippen LogP contribution in [-0.2, 0) is 17.6 Å². The number of hydrogen-bond acceptors (Lipinski definition) is 5. The summed E-state index contributed by atoms with van der Waals surface area (Å²) in [6.45, 7) is 2.57. The van der Waals surface area contributed by atoms with E-state index in [1.165, 1.54) is 23.7 Å². The van der Waals surface area contributed by atoms with E-state index in [1.807, 2.05) is 30.3 Å². The molecular weight excluding hydrogens is 399 g/mol. The molecule has 1 amide bonds. The highest BCUT2D eigenvalue weighted by atomic mass is 32.1. The Morgan fingerprint density at radius 2 is 1.80 bits per heavy atom.